The van der Waals surface area contributed by atoms with Gasteiger partial charge in [-0.1, -0.05) is 52.9 Å². The zero-order valence-electron chi connectivity index (χ0n) is 12.4. The maximum Gasteiger partial charge on any atom is 0.0423 e. The van der Waals surface area contributed by atoms with Crippen molar-refractivity contribution in [1.82, 2.24) is 4.90 Å². The molecule has 0 saturated heterocycles. The SMILES string of the molecule is CN(Cc1ccc(Br)cc1)C(=C1CC1)C1CCCCC1. The van der Waals surface area contributed by atoms with Gasteiger partial charge in [-0.25, -0.2) is 0 Å². The van der Waals surface area contributed by atoms with E-state index in [1.165, 1.54) is 50.5 Å². The van der Waals surface area contributed by atoms with E-state index in [1.807, 2.05) is 0 Å². The Morgan fingerprint density at radius 3 is 2.35 bits per heavy atom. The molecule has 3 rings (SSSR count). The molecule has 0 N–H and O–H groups in total. The molecule has 1 nitrogen and oxygen atoms in total. The Bertz CT molecular complexity index is 477. The monoisotopic (exact) mass is 333 g/mol. The average Bonchev–Trinajstić information content (AvgIpc) is 3.28. The van der Waals surface area contributed by atoms with E-state index < -0.39 is 0 Å². The van der Waals surface area contributed by atoms with Crippen LogP contribution in [0.4, 0.5) is 0 Å². The minimum Gasteiger partial charge on any atom is -0.373 e. The van der Waals surface area contributed by atoms with Crippen LogP contribution < -0.4 is 0 Å². The molecule has 0 atom stereocenters. The Morgan fingerprint density at radius 2 is 1.75 bits per heavy atom. The summed E-state index contributed by atoms with van der Waals surface area (Å²) in [6, 6.07) is 8.76. The average molecular weight is 334 g/mol. The zero-order valence-corrected chi connectivity index (χ0v) is 14.0. The topological polar surface area (TPSA) is 3.24 Å². The Kier molecular flexibility index (Phi) is 4.50. The van der Waals surface area contributed by atoms with Gasteiger partial charge in [0.25, 0.3) is 0 Å². The van der Waals surface area contributed by atoms with Gasteiger partial charge in [-0.2, -0.15) is 0 Å². The fourth-order valence-corrected chi connectivity index (χ4v) is 3.78. The molecule has 0 amide bonds. The molecule has 2 aliphatic rings. The maximum atomic E-state index is 3.51. The third-order valence-electron chi connectivity index (χ3n) is 4.60. The van der Waals surface area contributed by atoms with Gasteiger partial charge in [0.15, 0.2) is 0 Å². The van der Waals surface area contributed by atoms with Crippen LogP contribution in [0.1, 0.15) is 50.5 Å². The van der Waals surface area contributed by atoms with E-state index >= 15 is 0 Å². The van der Waals surface area contributed by atoms with Crippen LogP contribution in [0.15, 0.2) is 40.0 Å². The second kappa shape index (κ2) is 6.34. The van der Waals surface area contributed by atoms with Gasteiger partial charge in [0.1, 0.15) is 0 Å². The van der Waals surface area contributed by atoms with E-state index in [2.05, 4.69) is 52.1 Å². The third kappa shape index (κ3) is 3.46. The standard InChI is InChI=1S/C18H24BrN/c1-20(13-14-7-11-17(19)12-8-14)18(16-9-10-16)15-5-3-2-4-6-15/h7-8,11-12,15H,2-6,9-10,13H2,1H3. The fourth-order valence-electron chi connectivity index (χ4n) is 3.51. The lowest BCUT2D eigenvalue weighted by atomic mass is 9.86. The number of halogens is 1. The molecule has 1 aromatic rings. The van der Waals surface area contributed by atoms with Gasteiger partial charge in [0, 0.05) is 23.8 Å². The lowest BCUT2D eigenvalue weighted by molar-refractivity contribution is 0.296. The van der Waals surface area contributed by atoms with E-state index in [1.54, 1.807) is 11.3 Å². The normalized spacial score (nSPS) is 19.0. The highest BCUT2D eigenvalue weighted by molar-refractivity contribution is 9.10. The molecular weight excluding hydrogens is 310 g/mol. The Hall–Kier alpha value is -0.760. The van der Waals surface area contributed by atoms with E-state index in [0.717, 1.165) is 16.9 Å². The van der Waals surface area contributed by atoms with E-state index in [0.29, 0.717) is 0 Å². The van der Waals surface area contributed by atoms with Gasteiger partial charge >= 0.3 is 0 Å². The summed E-state index contributed by atoms with van der Waals surface area (Å²) in [6.07, 6.45) is 9.79. The van der Waals surface area contributed by atoms with E-state index in [-0.39, 0.29) is 0 Å². The number of hydrogen-bond donors (Lipinski definition) is 0. The van der Waals surface area contributed by atoms with Crippen LogP contribution in [0.25, 0.3) is 0 Å². The number of hydrogen-bond acceptors (Lipinski definition) is 1. The van der Waals surface area contributed by atoms with Crippen molar-refractivity contribution in [2.75, 3.05) is 7.05 Å². The lowest BCUT2D eigenvalue weighted by Gasteiger charge is -2.32. The quantitative estimate of drug-likeness (QED) is 0.702. The Balaban J connectivity index is 1.71. The number of rotatable bonds is 4. The summed E-state index contributed by atoms with van der Waals surface area (Å²) in [6.45, 7) is 1.04. The second-order valence-electron chi connectivity index (χ2n) is 6.31. The summed E-state index contributed by atoms with van der Waals surface area (Å²) in [5.41, 5.74) is 4.83. The van der Waals surface area contributed by atoms with Crippen molar-refractivity contribution in [2.24, 2.45) is 5.92 Å². The predicted molar refractivity (Wildman–Crippen MR) is 88.4 cm³/mol. The summed E-state index contributed by atoms with van der Waals surface area (Å²) < 4.78 is 1.16. The van der Waals surface area contributed by atoms with Crippen molar-refractivity contribution in [3.05, 3.63) is 45.6 Å². The lowest BCUT2D eigenvalue weighted by Crippen LogP contribution is -2.25. The van der Waals surface area contributed by atoms with Crippen molar-refractivity contribution < 1.29 is 0 Å². The van der Waals surface area contributed by atoms with Crippen molar-refractivity contribution in [3.8, 4) is 0 Å². The summed E-state index contributed by atoms with van der Waals surface area (Å²) >= 11 is 3.51. The molecule has 2 fully saturated rings. The predicted octanol–water partition coefficient (Wildman–Crippen LogP) is 5.51. The molecule has 20 heavy (non-hydrogen) atoms. The highest BCUT2D eigenvalue weighted by Gasteiger charge is 2.28. The highest BCUT2D eigenvalue weighted by Crippen LogP contribution is 2.41. The molecule has 2 aliphatic carbocycles. The van der Waals surface area contributed by atoms with Gasteiger partial charge in [-0.15, -0.1) is 0 Å². The van der Waals surface area contributed by atoms with Gasteiger partial charge in [-0.05, 0) is 49.3 Å². The van der Waals surface area contributed by atoms with Crippen molar-refractivity contribution in [1.29, 1.82) is 0 Å². The van der Waals surface area contributed by atoms with Crippen LogP contribution >= 0.6 is 15.9 Å². The Morgan fingerprint density at radius 1 is 1.10 bits per heavy atom. The summed E-state index contributed by atoms with van der Waals surface area (Å²) in [5, 5.41) is 0. The van der Waals surface area contributed by atoms with Gasteiger partial charge in [-0.3, -0.25) is 0 Å². The van der Waals surface area contributed by atoms with Crippen molar-refractivity contribution in [2.45, 2.75) is 51.5 Å². The second-order valence-corrected chi connectivity index (χ2v) is 7.22. The molecule has 108 valence electrons. The first-order chi connectivity index (χ1) is 9.74. The maximum absolute atomic E-state index is 3.51. The van der Waals surface area contributed by atoms with Gasteiger partial charge < -0.3 is 4.90 Å². The molecule has 0 heterocycles. The van der Waals surface area contributed by atoms with E-state index in [4.69, 9.17) is 0 Å². The van der Waals surface area contributed by atoms with Crippen molar-refractivity contribution >= 4 is 15.9 Å². The first-order valence-corrected chi connectivity index (χ1v) is 8.71. The van der Waals surface area contributed by atoms with E-state index in [9.17, 15) is 0 Å². The van der Waals surface area contributed by atoms with Crippen LogP contribution in [0.2, 0.25) is 0 Å². The Labute approximate surface area is 131 Å². The zero-order chi connectivity index (χ0) is 13.9. The molecule has 1 aromatic carbocycles. The molecule has 0 unspecified atom stereocenters. The van der Waals surface area contributed by atoms with Crippen LogP contribution in [-0.4, -0.2) is 11.9 Å². The first-order valence-electron chi connectivity index (χ1n) is 7.91. The van der Waals surface area contributed by atoms with Crippen molar-refractivity contribution in [3.63, 3.8) is 0 Å². The minimum absolute atomic E-state index is 0.835. The summed E-state index contributed by atoms with van der Waals surface area (Å²) in [7, 11) is 2.29. The molecule has 0 spiro atoms. The summed E-state index contributed by atoms with van der Waals surface area (Å²) in [5.74, 6) is 0.835. The van der Waals surface area contributed by atoms with Crippen LogP contribution in [0, 0.1) is 5.92 Å². The number of allylic oxidation sites excluding steroid dienone is 2. The molecule has 0 aliphatic heterocycles. The number of nitrogens with zero attached hydrogens (tertiary/aromatic N) is 1. The minimum atomic E-state index is 0.835. The van der Waals surface area contributed by atoms with Gasteiger partial charge in [0.2, 0.25) is 0 Å². The van der Waals surface area contributed by atoms with Crippen LogP contribution in [0.5, 0.6) is 0 Å². The third-order valence-corrected chi connectivity index (χ3v) is 5.13. The van der Waals surface area contributed by atoms with Crippen LogP contribution in [0.3, 0.4) is 0 Å². The summed E-state index contributed by atoms with van der Waals surface area (Å²) in [4.78, 5) is 2.53. The van der Waals surface area contributed by atoms with Crippen LogP contribution in [-0.2, 0) is 6.54 Å². The fraction of sp³-hybridized carbons (Fsp3) is 0.556. The number of benzene rings is 1. The molecule has 0 radical (unpaired) electrons. The molecular formula is C18H24BrN. The highest BCUT2D eigenvalue weighted by atomic mass is 79.9. The molecule has 2 heteroatoms. The first kappa shape index (κ1) is 14.2. The van der Waals surface area contributed by atoms with Gasteiger partial charge in [0.05, 0.1) is 0 Å². The molecule has 0 bridgehead atoms. The molecule has 2 saturated carbocycles. The molecule has 0 aromatic heterocycles. The largest absolute Gasteiger partial charge is 0.373 e. The smallest absolute Gasteiger partial charge is 0.0423 e.